The van der Waals surface area contributed by atoms with E-state index in [-0.39, 0.29) is 15.0 Å². The Morgan fingerprint density at radius 2 is 2.63 bits per heavy atom. The first-order valence-corrected chi connectivity index (χ1v) is 7.93. The molecule has 9 heteroatoms. The van der Waals surface area contributed by atoms with Gasteiger partial charge in [0.2, 0.25) is 0 Å². The van der Waals surface area contributed by atoms with Crippen LogP contribution in [0, 0.1) is 5.89 Å². The second-order valence-corrected chi connectivity index (χ2v) is 5.68. The lowest BCUT2D eigenvalue weighted by Crippen LogP contribution is -2.38. The quantitative estimate of drug-likeness (QED) is 0.653. The minimum absolute atomic E-state index is 0.111. The number of H-pyrrole nitrogens is 1. The van der Waals surface area contributed by atoms with Crippen LogP contribution in [-0.4, -0.2) is 63.4 Å². The second-order valence-electron chi connectivity index (χ2n) is 5.68. The number of hydrogen-bond acceptors (Lipinski definition) is 6. The predicted octanol–water partition coefficient (Wildman–Crippen LogP) is 1.26. The van der Waals surface area contributed by atoms with Gasteiger partial charge in [-0.3, -0.25) is 14.2 Å². The number of aromatic amines is 1. The molecular weight excluding hydrogens is 348 g/mol. The minimum atomic E-state index is -3.39. The van der Waals surface area contributed by atoms with Crippen LogP contribution in [0.1, 0.15) is 74.1 Å². The fourth-order valence-electron chi connectivity index (χ4n) is 2.47. The van der Waals surface area contributed by atoms with Gasteiger partial charge in [-0.1, -0.05) is 12.1 Å². The molecule has 27 heavy (non-hydrogen) atoms. The number of rotatable bonds is 7. The number of nitrogens with one attached hydrogen (secondary N) is 2. The summed E-state index contributed by atoms with van der Waals surface area (Å²) in [5, 5.41) is 11.6. The number of carbonyl (C=O) groups excluding carboxylic acids is 1. The van der Waals surface area contributed by atoms with Crippen molar-refractivity contribution in [2.75, 3.05) is 26.1 Å². The maximum atomic E-state index is 13.5. The van der Waals surface area contributed by atoms with Gasteiger partial charge in [0.1, 0.15) is 5.56 Å². The highest BCUT2D eigenvalue weighted by Crippen LogP contribution is 2.24. The highest BCUT2D eigenvalue weighted by Gasteiger charge is 2.25. The topological polar surface area (TPSA) is 116 Å². The molecule has 1 aliphatic rings. The van der Waals surface area contributed by atoms with Crippen molar-refractivity contribution in [1.82, 2.24) is 30.2 Å². The van der Waals surface area contributed by atoms with Crippen LogP contribution < -0.4 is 10.9 Å². The molecule has 1 amide bonds. The van der Waals surface area contributed by atoms with Crippen molar-refractivity contribution in [3.63, 3.8) is 0 Å². The van der Waals surface area contributed by atoms with Crippen molar-refractivity contribution < 1.29 is 30.5 Å². The molecule has 3 N–H and O–H groups in total. The summed E-state index contributed by atoms with van der Waals surface area (Å²) in [5.41, 5.74) is -3.97. The molecule has 2 aromatic rings. The number of likely N-dealkylation sites (tertiary alicyclic amines) is 1. The molecule has 2 unspecified atom stereocenters. The summed E-state index contributed by atoms with van der Waals surface area (Å²) in [7, 11) is 0. The molecular formula is C18H28N6O3. The third-order valence-electron chi connectivity index (χ3n) is 3.65. The van der Waals surface area contributed by atoms with Crippen LogP contribution in [0.5, 0.6) is 5.75 Å². The zero-order valence-electron chi connectivity index (χ0n) is 30.5. The summed E-state index contributed by atoms with van der Waals surface area (Å²) < 4.78 is 129. The predicted molar refractivity (Wildman–Crippen MR) is 102 cm³/mol. The molecule has 1 saturated heterocycles. The molecule has 9 nitrogen and oxygen atoms in total. The van der Waals surface area contributed by atoms with E-state index in [4.69, 9.17) is 22.1 Å². The summed E-state index contributed by atoms with van der Waals surface area (Å²) in [4.78, 5) is 27.1. The van der Waals surface area contributed by atoms with Crippen molar-refractivity contribution >= 4 is 17.1 Å². The molecule has 1 fully saturated rings. The number of amides is 1. The maximum absolute atomic E-state index is 13.5. The Bertz CT molecular complexity index is 1450. The van der Waals surface area contributed by atoms with Crippen LogP contribution >= 0.6 is 0 Å². The number of aromatic nitrogens is 4. The molecule has 3 heterocycles. The molecule has 2 aromatic heterocycles. The van der Waals surface area contributed by atoms with E-state index in [0.717, 1.165) is 13.8 Å². The van der Waals surface area contributed by atoms with Gasteiger partial charge in [-0.05, 0) is 51.9 Å². The van der Waals surface area contributed by atoms with Crippen LogP contribution in [0.3, 0.4) is 0 Å². The van der Waals surface area contributed by atoms with Gasteiger partial charge in [-0.25, -0.2) is 5.09 Å². The third kappa shape index (κ3) is 3.97. The second kappa shape index (κ2) is 8.08. The largest absolute Gasteiger partial charge is 0.505 e. The zero-order valence-corrected chi connectivity index (χ0v) is 14.5. The van der Waals surface area contributed by atoms with Crippen LogP contribution in [0.2, 0.25) is 2.82 Å². The van der Waals surface area contributed by atoms with Gasteiger partial charge >= 0.3 is 0 Å². The molecule has 0 aliphatic carbocycles. The van der Waals surface area contributed by atoms with E-state index in [9.17, 15) is 9.59 Å². The number of hydrogen-bond donors (Lipinski definition) is 3. The Morgan fingerprint density at radius 1 is 1.78 bits per heavy atom. The van der Waals surface area contributed by atoms with Crippen LogP contribution in [-0.2, 0) is 0 Å². The summed E-state index contributed by atoms with van der Waals surface area (Å²) in [6.07, 6.45) is -7.17. The molecule has 0 bridgehead atoms. The fourth-order valence-corrected chi connectivity index (χ4v) is 2.47. The van der Waals surface area contributed by atoms with Crippen molar-refractivity contribution in [2.45, 2.75) is 45.9 Å². The first-order chi connectivity index (χ1) is 19.2. The Balaban J connectivity index is 2.02. The number of pyridine rings is 1. The SMILES string of the molecule is [2H]Oc1c(C(=O)N([2H])CCCN2C([2H])([2H])C([2H])([2H])C([2H])([2H])C([2H])(C)C2([2H])[2H])c(=O)n(C([2H])(C)C([2H])([2H])[2H])c2c1nnn2[2H]. The van der Waals surface area contributed by atoms with E-state index < -0.39 is 98.0 Å². The van der Waals surface area contributed by atoms with Crippen LogP contribution in [0.4, 0.5) is 0 Å². The first kappa shape index (κ1) is 7.54. The number of aromatic hydroxyl groups is 1. The Hall–Kier alpha value is -2.42. The van der Waals surface area contributed by atoms with E-state index >= 15 is 0 Å². The summed E-state index contributed by atoms with van der Waals surface area (Å²) in [5.74, 6) is -5.24. The molecule has 1 aliphatic heterocycles. The number of fused-ring (bicyclic) bond motifs is 1. The molecule has 0 radical (unpaired) electrons. The molecule has 3 rings (SSSR count). The Morgan fingerprint density at radius 3 is 3.41 bits per heavy atom. The Kier molecular flexibility index (Phi) is 2.26. The minimum Gasteiger partial charge on any atom is -0.505 e. The van der Waals surface area contributed by atoms with Crippen LogP contribution in [0.15, 0.2) is 4.79 Å². The lowest BCUT2D eigenvalue weighted by atomic mass is 10.0. The molecule has 0 saturated carbocycles. The van der Waals surface area contributed by atoms with Gasteiger partial charge in [-0.2, -0.15) is 0 Å². The fraction of sp³-hybridized carbons (Fsp3) is 0.667. The van der Waals surface area contributed by atoms with E-state index in [1.807, 2.05) is 0 Å². The lowest BCUT2D eigenvalue weighted by Gasteiger charge is -2.30. The van der Waals surface area contributed by atoms with E-state index in [1.54, 1.807) is 0 Å². The van der Waals surface area contributed by atoms with Gasteiger partial charge in [-0.15, -0.1) is 5.10 Å². The number of nitrogens with zero attached hydrogens (tertiary/aromatic N) is 4. The van der Waals surface area contributed by atoms with Crippen molar-refractivity contribution in [2.24, 2.45) is 5.89 Å². The number of carbonyl (C=O) groups is 1. The average molecular weight is 393 g/mol. The highest BCUT2D eigenvalue weighted by atomic mass is 16.3. The van der Waals surface area contributed by atoms with Gasteiger partial charge in [0.05, 0.1) is 1.37 Å². The van der Waals surface area contributed by atoms with Gasteiger partial charge < -0.3 is 15.3 Å². The van der Waals surface area contributed by atoms with Gasteiger partial charge in [0, 0.05) is 35.5 Å². The molecule has 0 aromatic carbocycles. The standard InChI is InChI=1S/C18H28N6O3/c1-11(2)24-16-14(20-22-21-16)15(25)13(18(24)27)17(26)19-7-5-9-23-8-4-6-12(3)10-23/h11-12,25H,4-10H2,1-3H3,(H,19,26)(H,20,21,22)/i1D3,4D2,6D2,8D2,10D2,11D,12D/hD3. The number of piperidine rings is 1. The summed E-state index contributed by atoms with van der Waals surface area (Å²) >= 11 is 0. The van der Waals surface area contributed by atoms with E-state index in [1.165, 1.54) is 0 Å². The summed E-state index contributed by atoms with van der Waals surface area (Å²) in [6, 6.07) is -2.82. The van der Waals surface area contributed by atoms with Crippen molar-refractivity contribution in [3.8, 4) is 5.75 Å². The monoisotopic (exact) mass is 392 g/mol. The maximum Gasteiger partial charge on any atom is 0.293 e. The summed E-state index contributed by atoms with van der Waals surface area (Å²) in [6.45, 7) is -9.48. The van der Waals surface area contributed by atoms with E-state index in [0.29, 0.717) is 4.90 Å². The normalized spacial score (nSPS) is 39.6. The molecule has 0 spiro atoms. The molecule has 2 atom stereocenters. The van der Waals surface area contributed by atoms with Crippen molar-refractivity contribution in [3.05, 3.63) is 15.9 Å². The smallest absolute Gasteiger partial charge is 0.293 e. The van der Waals surface area contributed by atoms with Crippen molar-refractivity contribution in [1.29, 1.82) is 1.43 Å². The molecule has 148 valence electrons. The third-order valence-corrected chi connectivity index (χ3v) is 3.65. The lowest BCUT2D eigenvalue weighted by molar-refractivity contribution is 0.0945. The zero-order chi connectivity index (χ0) is 33.5. The van der Waals surface area contributed by atoms with Crippen LogP contribution in [0.25, 0.3) is 11.2 Å². The average Bonchev–Trinajstić information content (AvgIpc) is 3.23. The highest BCUT2D eigenvalue weighted by molar-refractivity contribution is 6.00. The van der Waals surface area contributed by atoms with E-state index in [2.05, 4.69) is 15.4 Å². The van der Waals surface area contributed by atoms with Gasteiger partial charge in [0.25, 0.3) is 12.9 Å². The Labute approximate surface area is 180 Å². The van der Waals surface area contributed by atoms with Gasteiger partial charge in [0.15, 0.2) is 19.7 Å². The first-order valence-electron chi connectivity index (χ1n) is 15.7.